The highest BCUT2D eigenvalue weighted by Crippen LogP contribution is 2.37. The first-order valence-electron chi connectivity index (χ1n) is 19.8. The van der Waals surface area contributed by atoms with Crippen LogP contribution in [0.2, 0.25) is 0 Å². The molecule has 17 nitrogen and oxygen atoms in total. The maximum Gasteiger partial charge on any atom is 0.338 e. The molecule has 62 heavy (non-hydrogen) atoms. The van der Waals surface area contributed by atoms with Crippen molar-refractivity contribution in [2.75, 3.05) is 20.8 Å². The Labute approximate surface area is 358 Å². The Morgan fingerprint density at radius 3 is 1.71 bits per heavy atom. The van der Waals surface area contributed by atoms with Gasteiger partial charge in [-0.2, -0.15) is 0 Å². The first-order chi connectivity index (χ1) is 30.2. The van der Waals surface area contributed by atoms with Crippen LogP contribution in [-0.4, -0.2) is 100 Å². The molecule has 0 unspecified atom stereocenters. The van der Waals surface area contributed by atoms with Gasteiger partial charge in [-0.25, -0.2) is 4.79 Å². The summed E-state index contributed by atoms with van der Waals surface area (Å²) in [5, 5.41) is 4.15. The van der Waals surface area contributed by atoms with Gasteiger partial charge in [0.15, 0.2) is 24.6 Å². The van der Waals surface area contributed by atoms with E-state index in [9.17, 15) is 19.9 Å². The summed E-state index contributed by atoms with van der Waals surface area (Å²) in [6.07, 6.45) is -12.3. The Kier molecular flexibility index (Phi) is 16.7. The molecular weight excluding hydrogens is 807 g/mol. The van der Waals surface area contributed by atoms with Gasteiger partial charge in [0.05, 0.1) is 40.6 Å². The number of rotatable bonds is 19. The van der Waals surface area contributed by atoms with Gasteiger partial charge in [0.25, 0.3) is 0 Å². The number of hydrogen-bond donors (Lipinski definition) is 0. The lowest BCUT2D eigenvalue weighted by molar-refractivity contribution is -0.342. The summed E-state index contributed by atoms with van der Waals surface area (Å²) in [6.45, 7) is 2.38. The molecule has 10 atom stereocenters. The Morgan fingerprint density at radius 2 is 1.18 bits per heavy atom. The summed E-state index contributed by atoms with van der Waals surface area (Å²) in [5.74, 6) is -1.50. The molecule has 4 aromatic carbocycles. The van der Waals surface area contributed by atoms with Crippen LogP contribution >= 0.6 is 0 Å². The molecule has 2 aliphatic heterocycles. The zero-order valence-electron chi connectivity index (χ0n) is 34.6. The smallest absolute Gasteiger partial charge is 0.338 e. The van der Waals surface area contributed by atoms with Gasteiger partial charge in [-0.3, -0.25) is 9.59 Å². The van der Waals surface area contributed by atoms with Gasteiger partial charge in [0, 0.05) is 18.8 Å². The van der Waals surface area contributed by atoms with Gasteiger partial charge in [-0.15, -0.1) is 0 Å². The minimum absolute atomic E-state index is 0.0501. The van der Waals surface area contributed by atoms with Gasteiger partial charge in [-0.05, 0) is 46.5 Å². The number of methoxy groups -OCH3 is 2. The molecule has 0 saturated carbocycles. The van der Waals surface area contributed by atoms with E-state index < -0.39 is 79.3 Å². The van der Waals surface area contributed by atoms with Crippen molar-refractivity contribution < 1.29 is 66.5 Å². The van der Waals surface area contributed by atoms with Gasteiger partial charge in [-0.1, -0.05) is 96.1 Å². The van der Waals surface area contributed by atoms with E-state index >= 15 is 0 Å². The van der Waals surface area contributed by atoms with Crippen LogP contribution < -0.4 is 9.47 Å². The molecule has 0 aromatic heterocycles. The highest BCUT2D eigenvalue weighted by atomic mass is 16.8. The molecule has 4 aromatic rings. The fourth-order valence-corrected chi connectivity index (χ4v) is 7.05. The van der Waals surface area contributed by atoms with Crippen LogP contribution in [0.15, 0.2) is 120 Å². The molecule has 0 N–H and O–H groups in total. The SMILES string of the molecule is COC(=O)[C@@H]1O[C@H](OC(C)=O)[C@H](OC(C)=O)[C@@H](OCc2ccccc2)[C@@H]1O[C@H]1O[C@H](COCc2ccccc2)[C@@H](Oc2ccc(OC)cc2)[C@H](OCc2ccccc2)[C@H]1N=[N+]=[N-]. The summed E-state index contributed by atoms with van der Waals surface area (Å²) >= 11 is 0. The molecular formula is C45H49N3O14. The summed E-state index contributed by atoms with van der Waals surface area (Å²) in [4.78, 5) is 41.8. The van der Waals surface area contributed by atoms with Crippen LogP contribution in [0.3, 0.4) is 0 Å². The molecule has 2 heterocycles. The fourth-order valence-electron chi connectivity index (χ4n) is 7.05. The molecule has 2 fully saturated rings. The summed E-state index contributed by atoms with van der Waals surface area (Å²) in [6, 6.07) is 33.5. The molecule has 0 radical (unpaired) electrons. The lowest BCUT2D eigenvalue weighted by atomic mass is 9.95. The van der Waals surface area contributed by atoms with Crippen LogP contribution in [-0.2, 0) is 76.8 Å². The molecule has 2 saturated heterocycles. The molecule has 328 valence electrons. The van der Waals surface area contributed by atoms with Crippen molar-refractivity contribution in [1.82, 2.24) is 0 Å². The minimum atomic E-state index is -1.67. The molecule has 0 amide bonds. The summed E-state index contributed by atoms with van der Waals surface area (Å²) in [7, 11) is 2.68. The zero-order valence-corrected chi connectivity index (χ0v) is 34.6. The van der Waals surface area contributed by atoms with E-state index in [0.29, 0.717) is 17.1 Å². The number of benzene rings is 4. The Morgan fingerprint density at radius 1 is 0.629 bits per heavy atom. The van der Waals surface area contributed by atoms with Crippen molar-refractivity contribution in [2.24, 2.45) is 5.11 Å². The summed E-state index contributed by atoms with van der Waals surface area (Å²) < 4.78 is 67.0. The number of nitrogens with zero attached hydrogens (tertiary/aromatic N) is 3. The number of azide groups is 1. The van der Waals surface area contributed by atoms with Crippen LogP contribution in [0.1, 0.15) is 30.5 Å². The first-order valence-corrected chi connectivity index (χ1v) is 19.8. The van der Waals surface area contributed by atoms with Crippen molar-refractivity contribution in [3.8, 4) is 11.5 Å². The number of carbonyl (C=O) groups excluding carboxylic acids is 3. The number of esters is 3. The molecule has 0 bridgehead atoms. The lowest BCUT2D eigenvalue weighted by Crippen LogP contribution is -2.67. The number of carbonyl (C=O) groups is 3. The van der Waals surface area contributed by atoms with Gasteiger partial charge < -0.3 is 52.1 Å². The van der Waals surface area contributed by atoms with E-state index in [1.54, 1.807) is 55.6 Å². The standard InChI is InChI=1S/C45H49N3O14/c1-28(49)57-42-39(56-26-32-18-12-7-13-19-32)40(41(43(51)53-4)62-45(42)58-29(2)50)61-44-36(47-48-46)38(55-25-31-16-10-6-11-17-31)37(59-34-22-20-33(52-3)21-23-34)35(60-44)27-54-24-30-14-8-5-9-15-30/h5-23,35-42,44-45H,24-27H2,1-4H3/t35-,36-,37-,38-,39+,40+,41-,42-,44-,45+/m1/s1. The molecule has 2 aliphatic rings. The predicted molar refractivity (Wildman–Crippen MR) is 218 cm³/mol. The molecule has 0 spiro atoms. The van der Waals surface area contributed by atoms with Crippen molar-refractivity contribution in [1.29, 1.82) is 0 Å². The van der Waals surface area contributed by atoms with Crippen LogP contribution in [0.25, 0.3) is 10.4 Å². The van der Waals surface area contributed by atoms with Crippen molar-refractivity contribution in [3.05, 3.63) is 142 Å². The third-order valence-electron chi connectivity index (χ3n) is 9.90. The third-order valence-corrected chi connectivity index (χ3v) is 9.90. The average molecular weight is 856 g/mol. The lowest BCUT2D eigenvalue weighted by Gasteiger charge is -2.48. The van der Waals surface area contributed by atoms with Crippen LogP contribution in [0.5, 0.6) is 11.5 Å². The van der Waals surface area contributed by atoms with Gasteiger partial charge >= 0.3 is 17.9 Å². The quantitative estimate of drug-likeness (QED) is 0.0349. The van der Waals surface area contributed by atoms with E-state index in [1.165, 1.54) is 0 Å². The Balaban J connectivity index is 1.42. The Hall–Kier alpha value is -6.04. The first kappa shape index (κ1) is 45.5. The van der Waals surface area contributed by atoms with Crippen molar-refractivity contribution >= 4 is 17.9 Å². The highest BCUT2D eigenvalue weighted by Gasteiger charge is 2.57. The topological polar surface area (TPSA) is 201 Å². The maximum atomic E-state index is 13.6. The average Bonchev–Trinajstić information content (AvgIpc) is 3.28. The molecule has 17 heteroatoms. The van der Waals surface area contributed by atoms with Crippen molar-refractivity contribution in [3.63, 3.8) is 0 Å². The van der Waals surface area contributed by atoms with Crippen molar-refractivity contribution in [2.45, 2.75) is 95.0 Å². The second-order valence-electron chi connectivity index (χ2n) is 14.3. The molecule has 6 rings (SSSR count). The van der Waals surface area contributed by atoms with E-state index in [0.717, 1.165) is 32.1 Å². The fraction of sp³-hybridized carbons (Fsp3) is 0.400. The van der Waals surface area contributed by atoms with E-state index in [1.807, 2.05) is 66.7 Å². The zero-order chi connectivity index (χ0) is 43.8. The van der Waals surface area contributed by atoms with E-state index in [4.69, 9.17) is 52.1 Å². The molecule has 0 aliphatic carbocycles. The van der Waals surface area contributed by atoms with Crippen LogP contribution in [0, 0.1) is 0 Å². The third kappa shape index (κ3) is 12.3. The normalized spacial score (nSPS) is 25.7. The maximum absolute atomic E-state index is 13.6. The number of hydrogen-bond acceptors (Lipinski definition) is 15. The second-order valence-corrected chi connectivity index (χ2v) is 14.3. The highest BCUT2D eigenvalue weighted by molar-refractivity contribution is 5.76. The predicted octanol–water partition coefficient (Wildman–Crippen LogP) is 6.01. The van der Waals surface area contributed by atoms with E-state index in [2.05, 4.69) is 10.0 Å². The number of ether oxygens (including phenoxy) is 11. The van der Waals surface area contributed by atoms with Gasteiger partial charge in [0.2, 0.25) is 6.29 Å². The monoisotopic (exact) mass is 855 g/mol. The van der Waals surface area contributed by atoms with Gasteiger partial charge in [0.1, 0.15) is 42.0 Å². The Bertz CT molecular complexity index is 2070. The van der Waals surface area contributed by atoms with E-state index in [-0.39, 0.29) is 26.4 Å². The summed E-state index contributed by atoms with van der Waals surface area (Å²) in [5.41, 5.74) is 12.5. The largest absolute Gasteiger partial charge is 0.497 e. The second kappa shape index (κ2) is 22.7. The van der Waals surface area contributed by atoms with Crippen LogP contribution in [0.4, 0.5) is 0 Å². The minimum Gasteiger partial charge on any atom is -0.497 e.